The van der Waals surface area contributed by atoms with Crippen molar-refractivity contribution in [3.63, 3.8) is 0 Å². The lowest BCUT2D eigenvalue weighted by Gasteiger charge is -2.07. The molecule has 1 unspecified atom stereocenters. The molecule has 4 nitrogen and oxygen atoms in total. The molecule has 0 spiro atoms. The van der Waals surface area contributed by atoms with Gasteiger partial charge in [0.15, 0.2) is 0 Å². The van der Waals surface area contributed by atoms with Crippen LogP contribution in [0.5, 0.6) is 0 Å². The maximum atomic E-state index is 10.9. The second-order valence-electron chi connectivity index (χ2n) is 2.70. The maximum Gasteiger partial charge on any atom is 0.251 e. The quantitative estimate of drug-likeness (QED) is 0.408. The van der Waals surface area contributed by atoms with Crippen LogP contribution in [-0.2, 0) is 18.6 Å². The standard InChI is InChI=1S/C7H15O4PS/c1-7(8)3-4-10-5-6-11-12(2,9)13/h3-6H2,1-2H3,(H,9,13). The molecule has 0 aliphatic rings. The van der Waals surface area contributed by atoms with E-state index in [0.717, 1.165) is 0 Å². The Balaban J connectivity index is 3.18. The van der Waals surface area contributed by atoms with E-state index in [0.29, 0.717) is 19.6 Å². The van der Waals surface area contributed by atoms with Crippen LogP contribution >= 0.6 is 18.8 Å². The van der Waals surface area contributed by atoms with Gasteiger partial charge in [-0.3, -0.25) is 9.36 Å². The Kier molecular flexibility index (Phi) is 6.68. The van der Waals surface area contributed by atoms with E-state index in [1.165, 1.54) is 13.6 Å². The van der Waals surface area contributed by atoms with Crippen LogP contribution in [0.25, 0.3) is 0 Å². The van der Waals surface area contributed by atoms with E-state index >= 15 is 0 Å². The molecule has 6 heteroatoms. The predicted molar refractivity (Wildman–Crippen MR) is 54.6 cm³/mol. The number of hydrogen-bond donors (Lipinski definition) is 1. The highest BCUT2D eigenvalue weighted by Crippen LogP contribution is 2.46. The van der Waals surface area contributed by atoms with Crippen LogP contribution in [-0.4, -0.2) is 32.3 Å². The predicted octanol–water partition coefficient (Wildman–Crippen LogP) is 1.75. The SMILES string of the molecule is CC(=O)CCOCCOP(C)(=O)S. The zero-order chi connectivity index (χ0) is 10.3. The van der Waals surface area contributed by atoms with Gasteiger partial charge in [0, 0.05) is 13.1 Å². The molecule has 0 aliphatic heterocycles. The highest BCUT2D eigenvalue weighted by atomic mass is 32.7. The van der Waals surface area contributed by atoms with E-state index in [1.54, 1.807) is 0 Å². The largest absolute Gasteiger partial charge is 0.379 e. The Hall–Kier alpha value is 0.170. The highest BCUT2D eigenvalue weighted by molar-refractivity contribution is 8.46. The summed E-state index contributed by atoms with van der Waals surface area (Å²) in [6, 6.07) is 0. The van der Waals surface area contributed by atoms with Crippen molar-refractivity contribution in [2.75, 3.05) is 26.5 Å². The minimum Gasteiger partial charge on any atom is -0.379 e. The Morgan fingerprint density at radius 2 is 2.00 bits per heavy atom. The lowest BCUT2D eigenvalue weighted by Crippen LogP contribution is -2.05. The fourth-order valence-electron chi connectivity index (χ4n) is 0.584. The van der Waals surface area contributed by atoms with Crippen molar-refractivity contribution >= 4 is 24.6 Å². The fourth-order valence-corrected chi connectivity index (χ4v) is 1.24. The third kappa shape index (κ3) is 12.2. The summed E-state index contributed by atoms with van der Waals surface area (Å²) in [4.78, 5) is 10.5. The Morgan fingerprint density at radius 3 is 2.46 bits per heavy atom. The molecule has 78 valence electrons. The van der Waals surface area contributed by atoms with E-state index < -0.39 is 6.57 Å². The van der Waals surface area contributed by atoms with Gasteiger partial charge in [-0.25, -0.2) is 0 Å². The number of ketones is 1. The van der Waals surface area contributed by atoms with Gasteiger partial charge >= 0.3 is 0 Å². The molecule has 0 heterocycles. The molecule has 0 aromatic rings. The molecule has 0 N–H and O–H groups in total. The number of ether oxygens (including phenoxy) is 1. The van der Waals surface area contributed by atoms with Crippen LogP contribution in [0.4, 0.5) is 0 Å². The van der Waals surface area contributed by atoms with Gasteiger partial charge in [-0.1, -0.05) is 12.2 Å². The second-order valence-corrected chi connectivity index (χ2v) is 6.74. The average Bonchev–Trinajstić information content (AvgIpc) is 1.93. The molecule has 0 aromatic carbocycles. The molecule has 0 fully saturated rings. The summed E-state index contributed by atoms with van der Waals surface area (Å²) in [6.45, 7) is 1.22. The normalized spacial score (nSPS) is 15.3. The fraction of sp³-hybridized carbons (Fsp3) is 0.857. The molecule has 0 amide bonds. The van der Waals surface area contributed by atoms with Crippen molar-refractivity contribution < 1.29 is 18.6 Å². The van der Waals surface area contributed by atoms with E-state index in [2.05, 4.69) is 12.2 Å². The van der Waals surface area contributed by atoms with E-state index in [4.69, 9.17) is 9.26 Å². The second kappa shape index (κ2) is 6.60. The molecule has 0 saturated heterocycles. The first-order valence-corrected chi connectivity index (χ1v) is 7.16. The van der Waals surface area contributed by atoms with Crippen molar-refractivity contribution in [2.45, 2.75) is 13.3 Å². The topological polar surface area (TPSA) is 52.6 Å². The van der Waals surface area contributed by atoms with Gasteiger partial charge in [0.2, 0.25) is 0 Å². The molecule has 0 rings (SSSR count). The van der Waals surface area contributed by atoms with Crippen LogP contribution in [0.1, 0.15) is 13.3 Å². The number of Topliss-reactive ketones (excluding diaryl/α,β-unsaturated/α-hetero) is 1. The number of thiol groups is 1. The first-order chi connectivity index (χ1) is 5.92. The zero-order valence-corrected chi connectivity index (χ0v) is 9.64. The van der Waals surface area contributed by atoms with E-state index in [1.807, 2.05) is 0 Å². The molecule has 0 bridgehead atoms. The molecule has 0 radical (unpaired) electrons. The van der Waals surface area contributed by atoms with Crippen LogP contribution in [0, 0.1) is 0 Å². The van der Waals surface area contributed by atoms with Crippen LogP contribution in [0.2, 0.25) is 0 Å². The molecule has 0 aromatic heterocycles. The maximum absolute atomic E-state index is 10.9. The number of rotatable bonds is 7. The summed E-state index contributed by atoms with van der Waals surface area (Å²) >= 11 is 3.74. The van der Waals surface area contributed by atoms with Crippen molar-refractivity contribution in [3.05, 3.63) is 0 Å². The van der Waals surface area contributed by atoms with Gasteiger partial charge in [-0.15, -0.1) is 0 Å². The number of carbonyl (C=O) groups excluding carboxylic acids is 1. The van der Waals surface area contributed by atoms with E-state index in [-0.39, 0.29) is 12.4 Å². The average molecular weight is 226 g/mol. The summed E-state index contributed by atoms with van der Waals surface area (Å²) in [7, 11) is 0. The molecule has 13 heavy (non-hydrogen) atoms. The first kappa shape index (κ1) is 13.2. The summed E-state index contributed by atoms with van der Waals surface area (Å²) < 4.78 is 20.8. The van der Waals surface area contributed by atoms with E-state index in [9.17, 15) is 9.36 Å². The Bertz CT molecular complexity index is 201. The van der Waals surface area contributed by atoms with Gasteiger partial charge < -0.3 is 9.26 Å². The molecule has 1 atom stereocenters. The summed E-state index contributed by atoms with van der Waals surface area (Å²) in [6.07, 6.45) is 0.407. The summed E-state index contributed by atoms with van der Waals surface area (Å²) in [5, 5.41) is 0. The van der Waals surface area contributed by atoms with Crippen molar-refractivity contribution in [1.29, 1.82) is 0 Å². The monoisotopic (exact) mass is 226 g/mol. The third-order valence-corrected chi connectivity index (χ3v) is 2.17. The van der Waals surface area contributed by atoms with Gasteiger partial charge in [-0.05, 0) is 6.92 Å². The van der Waals surface area contributed by atoms with Crippen LogP contribution < -0.4 is 0 Å². The first-order valence-electron chi connectivity index (χ1n) is 3.94. The minimum absolute atomic E-state index is 0.0938. The Labute approximate surface area is 83.6 Å². The van der Waals surface area contributed by atoms with Crippen molar-refractivity contribution in [3.8, 4) is 0 Å². The third-order valence-electron chi connectivity index (χ3n) is 1.16. The van der Waals surface area contributed by atoms with Crippen molar-refractivity contribution in [2.24, 2.45) is 0 Å². The summed E-state index contributed by atoms with van der Waals surface area (Å²) in [5.74, 6) is 0.0938. The number of carbonyl (C=O) groups is 1. The minimum atomic E-state index is -2.69. The van der Waals surface area contributed by atoms with Gasteiger partial charge in [0.25, 0.3) is 6.57 Å². The van der Waals surface area contributed by atoms with Gasteiger partial charge in [0.05, 0.1) is 19.8 Å². The molecular formula is C7H15O4PS. The number of hydrogen-bond acceptors (Lipinski definition) is 4. The lowest BCUT2D eigenvalue weighted by atomic mass is 10.3. The van der Waals surface area contributed by atoms with Gasteiger partial charge in [-0.2, -0.15) is 0 Å². The zero-order valence-electron chi connectivity index (χ0n) is 7.86. The van der Waals surface area contributed by atoms with Crippen LogP contribution in [0.3, 0.4) is 0 Å². The molecule has 0 aliphatic carbocycles. The lowest BCUT2D eigenvalue weighted by molar-refractivity contribution is -0.118. The molecular weight excluding hydrogens is 211 g/mol. The molecule has 0 saturated carbocycles. The van der Waals surface area contributed by atoms with Gasteiger partial charge in [0.1, 0.15) is 5.78 Å². The smallest absolute Gasteiger partial charge is 0.251 e. The van der Waals surface area contributed by atoms with Crippen LogP contribution in [0.15, 0.2) is 0 Å². The summed E-state index contributed by atoms with van der Waals surface area (Å²) in [5.41, 5.74) is 0. The highest BCUT2D eigenvalue weighted by Gasteiger charge is 2.06. The Morgan fingerprint density at radius 1 is 1.38 bits per heavy atom. The van der Waals surface area contributed by atoms with Crippen molar-refractivity contribution in [1.82, 2.24) is 0 Å².